The zero-order valence-corrected chi connectivity index (χ0v) is 32.4. The van der Waals surface area contributed by atoms with Gasteiger partial charge in [-0.3, -0.25) is 9.80 Å². The highest BCUT2D eigenvalue weighted by atomic mass is 19.1. The topological polar surface area (TPSA) is 112 Å². The van der Waals surface area contributed by atoms with Gasteiger partial charge in [-0.15, -0.1) is 0 Å². The van der Waals surface area contributed by atoms with Crippen LogP contribution in [0.25, 0.3) is 32.9 Å². The van der Waals surface area contributed by atoms with Gasteiger partial charge in [-0.2, -0.15) is 9.97 Å². The number of piperazine rings is 1. The van der Waals surface area contributed by atoms with Gasteiger partial charge in [-0.05, 0) is 94.0 Å². The molecule has 2 aromatic heterocycles. The van der Waals surface area contributed by atoms with Gasteiger partial charge >= 0.3 is 12.1 Å². The van der Waals surface area contributed by atoms with Crippen LogP contribution < -0.4 is 19.1 Å². The maximum atomic E-state index is 17.6. The highest BCUT2D eigenvalue weighted by Crippen LogP contribution is 2.47. The van der Waals surface area contributed by atoms with E-state index in [4.69, 9.17) is 38.6 Å². The molecule has 0 aliphatic carbocycles. The molecular weight excluding hydrogens is 729 g/mol. The Labute approximate surface area is 323 Å². The van der Waals surface area contributed by atoms with E-state index in [1.807, 2.05) is 32.6 Å². The zero-order chi connectivity index (χ0) is 39.1. The number of nitrogens with zero attached hydrogens (tertiary/aromatic N) is 6. The molecule has 2 aromatic carbocycles. The van der Waals surface area contributed by atoms with Crippen molar-refractivity contribution in [2.24, 2.45) is 0 Å². The van der Waals surface area contributed by atoms with Gasteiger partial charge < -0.3 is 28.6 Å². The normalized spacial score (nSPS) is 25.6. The molecule has 5 aliphatic heterocycles. The number of fused-ring (bicyclic) bond motifs is 7. The minimum absolute atomic E-state index is 0.0528. The number of ether oxygens (including phenoxy) is 5. The Balaban J connectivity index is 1.21. The first kappa shape index (κ1) is 37.0. The Morgan fingerprint density at radius 1 is 1.05 bits per heavy atom. The smallest absolute Gasteiger partial charge is 0.410 e. The van der Waals surface area contributed by atoms with Crippen molar-refractivity contribution in [2.75, 3.05) is 51.7 Å². The van der Waals surface area contributed by atoms with Crippen LogP contribution >= 0.6 is 0 Å². The summed E-state index contributed by atoms with van der Waals surface area (Å²) in [5.74, 6) is -0.320. The second kappa shape index (κ2) is 13.8. The number of hydrogen-bond acceptors (Lipinski definition) is 11. The predicted molar refractivity (Wildman–Crippen MR) is 202 cm³/mol. The van der Waals surface area contributed by atoms with E-state index in [1.165, 1.54) is 13.2 Å². The van der Waals surface area contributed by atoms with Crippen molar-refractivity contribution in [3.63, 3.8) is 0 Å². The number of carbonyl (C=O) groups excluding carboxylic acids is 1. The summed E-state index contributed by atoms with van der Waals surface area (Å²) in [7, 11) is 1.50. The van der Waals surface area contributed by atoms with Gasteiger partial charge in [0.25, 0.3) is 0 Å². The van der Waals surface area contributed by atoms with E-state index in [0.717, 1.165) is 25.8 Å². The van der Waals surface area contributed by atoms with E-state index in [9.17, 15) is 9.18 Å². The molecule has 56 heavy (non-hydrogen) atoms. The lowest BCUT2D eigenvalue weighted by Crippen LogP contribution is -2.63. The zero-order valence-electron chi connectivity index (χ0n) is 32.4. The molecule has 298 valence electrons. The summed E-state index contributed by atoms with van der Waals surface area (Å²) in [6.45, 7) is 9.09. The van der Waals surface area contributed by atoms with Crippen molar-refractivity contribution in [3.8, 4) is 28.9 Å². The largest absolute Gasteiger partial charge is 0.475 e. The average Bonchev–Trinajstić information content (AvgIpc) is 3.76. The third kappa shape index (κ3) is 6.12. The molecule has 5 atom stereocenters. The van der Waals surface area contributed by atoms with Gasteiger partial charge in [0, 0.05) is 32.2 Å². The molecule has 4 aromatic rings. The summed E-state index contributed by atoms with van der Waals surface area (Å²) in [4.78, 5) is 34.1. The summed E-state index contributed by atoms with van der Waals surface area (Å²) < 4.78 is 77.5. The van der Waals surface area contributed by atoms with Gasteiger partial charge in [0.05, 0.1) is 23.7 Å². The SMILES string of the molecule is CCc1c(F)ccc2cc(OCOC)cc(-c3nc4c5c(nc(OC[C@@]67CCCN6C[C@H](F)C7)nc5c3F)N3C[C@H]5CC[C@@H]([C@@H]3CO4)N5C(=O)OC(C)(C)C)c12. The van der Waals surface area contributed by atoms with Crippen molar-refractivity contribution in [3.05, 3.63) is 41.5 Å². The first-order chi connectivity index (χ1) is 26.9. The van der Waals surface area contributed by atoms with Crippen LogP contribution in [0.15, 0.2) is 24.3 Å². The molecule has 7 heterocycles. The van der Waals surface area contributed by atoms with Gasteiger partial charge in [-0.25, -0.2) is 22.9 Å². The quantitative estimate of drug-likeness (QED) is 0.173. The summed E-state index contributed by atoms with van der Waals surface area (Å²) in [5.41, 5.74) is -0.665. The van der Waals surface area contributed by atoms with Crippen LogP contribution in [0, 0.1) is 11.6 Å². The molecule has 0 spiro atoms. The second-order valence-corrected chi connectivity index (χ2v) is 16.7. The van der Waals surface area contributed by atoms with E-state index >= 15 is 8.78 Å². The maximum Gasteiger partial charge on any atom is 0.410 e. The number of alkyl halides is 1. The highest BCUT2D eigenvalue weighted by molar-refractivity contribution is 6.03. The van der Waals surface area contributed by atoms with E-state index in [1.54, 1.807) is 18.2 Å². The standard InChI is InChI=1S/C41H47F3N6O6/c1-6-26-28(43)10-8-22-14-25(55-21-52-5)15-27(31(22)26)34-33(44)35-32-36(47-38(46-35)54-20-41-12-7-13-48(41)17-23(42)16-41)49-18-24-9-11-29(30(49)19-53-37(32)45-34)50(24)39(51)56-40(2,3)4/h8,10,14-15,23-24,29-30H,6-7,9,11-13,16-21H2,1-5H3/t23-,24-,29+,30+,41+/m1/s1. The summed E-state index contributed by atoms with van der Waals surface area (Å²) >= 11 is 0. The van der Waals surface area contributed by atoms with Crippen LogP contribution in [0.5, 0.6) is 17.6 Å². The Kier molecular flexibility index (Phi) is 9.10. The lowest BCUT2D eigenvalue weighted by atomic mass is 9.94. The summed E-state index contributed by atoms with van der Waals surface area (Å²) in [5, 5.41) is 1.39. The number of hydrogen-bond donors (Lipinski definition) is 0. The highest BCUT2D eigenvalue weighted by Gasteiger charge is 2.52. The number of aromatic nitrogens is 3. The minimum Gasteiger partial charge on any atom is -0.475 e. The van der Waals surface area contributed by atoms with Crippen molar-refractivity contribution in [1.82, 2.24) is 24.8 Å². The Morgan fingerprint density at radius 3 is 2.68 bits per heavy atom. The van der Waals surface area contributed by atoms with E-state index < -0.39 is 28.9 Å². The molecule has 2 bridgehead atoms. The number of benzene rings is 2. The van der Waals surface area contributed by atoms with Crippen molar-refractivity contribution in [1.29, 1.82) is 0 Å². The van der Waals surface area contributed by atoms with Crippen LogP contribution in [0.4, 0.5) is 23.8 Å². The molecular formula is C41H47F3N6O6. The number of rotatable bonds is 8. The lowest BCUT2D eigenvalue weighted by Gasteiger charge is -2.46. The fourth-order valence-electron chi connectivity index (χ4n) is 9.78. The van der Waals surface area contributed by atoms with Gasteiger partial charge in [0.1, 0.15) is 59.0 Å². The minimum atomic E-state index is -0.958. The third-order valence-corrected chi connectivity index (χ3v) is 12.1. The number of carbonyl (C=O) groups is 1. The number of pyridine rings is 1. The average molecular weight is 777 g/mol. The monoisotopic (exact) mass is 776 g/mol. The molecule has 4 fully saturated rings. The molecule has 0 radical (unpaired) electrons. The maximum absolute atomic E-state index is 17.6. The van der Waals surface area contributed by atoms with Gasteiger partial charge in [0.2, 0.25) is 5.88 Å². The first-order valence-corrected chi connectivity index (χ1v) is 19.6. The van der Waals surface area contributed by atoms with E-state index in [2.05, 4.69) is 9.80 Å². The number of halogens is 3. The molecule has 5 aliphatic rings. The summed E-state index contributed by atoms with van der Waals surface area (Å²) in [6, 6.07) is 5.50. The fourth-order valence-corrected chi connectivity index (χ4v) is 9.78. The third-order valence-electron chi connectivity index (χ3n) is 12.1. The molecule has 9 rings (SSSR count). The molecule has 0 N–H and O–H groups in total. The number of anilines is 1. The lowest BCUT2D eigenvalue weighted by molar-refractivity contribution is 0.00537. The van der Waals surface area contributed by atoms with E-state index in [-0.39, 0.29) is 72.7 Å². The van der Waals surface area contributed by atoms with E-state index in [0.29, 0.717) is 65.8 Å². The summed E-state index contributed by atoms with van der Waals surface area (Å²) in [6.07, 6.45) is 2.50. The van der Waals surface area contributed by atoms with Crippen LogP contribution in [0.3, 0.4) is 0 Å². The molecule has 0 saturated carbocycles. The van der Waals surface area contributed by atoms with Crippen LogP contribution in [0.1, 0.15) is 65.4 Å². The van der Waals surface area contributed by atoms with Gasteiger partial charge in [0.15, 0.2) is 12.6 Å². The number of aryl methyl sites for hydroxylation is 1. The Hall–Kier alpha value is -4.63. The number of methoxy groups -OCH3 is 1. The van der Waals surface area contributed by atoms with Crippen molar-refractivity contribution < 1.29 is 41.7 Å². The molecule has 0 unspecified atom stereocenters. The second-order valence-electron chi connectivity index (χ2n) is 16.7. The molecule has 12 nitrogen and oxygen atoms in total. The number of amides is 1. The molecule has 1 amide bonds. The predicted octanol–water partition coefficient (Wildman–Crippen LogP) is 6.97. The van der Waals surface area contributed by atoms with Crippen molar-refractivity contribution >= 4 is 33.6 Å². The van der Waals surface area contributed by atoms with Crippen LogP contribution in [-0.2, 0) is 15.9 Å². The molecule has 15 heteroatoms. The fraction of sp³-hybridized carbons (Fsp3) is 0.561. The van der Waals surface area contributed by atoms with Crippen molar-refractivity contribution in [2.45, 2.75) is 102 Å². The van der Waals surface area contributed by atoms with Crippen LogP contribution in [-0.4, -0.2) is 113 Å². The van der Waals surface area contributed by atoms with Crippen LogP contribution in [0.2, 0.25) is 0 Å². The Morgan fingerprint density at radius 2 is 1.89 bits per heavy atom. The Bertz CT molecular complexity index is 2220. The van der Waals surface area contributed by atoms with Gasteiger partial charge in [-0.1, -0.05) is 13.0 Å². The first-order valence-electron chi connectivity index (χ1n) is 19.6. The molecule has 4 saturated heterocycles.